The van der Waals surface area contributed by atoms with Crippen molar-refractivity contribution < 1.29 is 20.1 Å². The van der Waals surface area contributed by atoms with Crippen molar-refractivity contribution in [3.05, 3.63) is 65.2 Å². The standard InChI is InChI=1S/C17H16O4/c1-11(18)13-4-2-3-5-14(13)15(19)8-6-12-7-9-16(20)17(21)10-12/h2-11,18,20-21H,1H3. The number of aromatic hydroxyl groups is 2. The number of hydrogen-bond acceptors (Lipinski definition) is 4. The molecule has 1 unspecified atom stereocenters. The summed E-state index contributed by atoms with van der Waals surface area (Å²) in [7, 11) is 0. The van der Waals surface area contributed by atoms with Crippen LogP contribution in [0.2, 0.25) is 0 Å². The fourth-order valence-electron chi connectivity index (χ4n) is 1.99. The van der Waals surface area contributed by atoms with Crippen LogP contribution in [0.5, 0.6) is 11.5 Å². The summed E-state index contributed by atoms with van der Waals surface area (Å²) in [6.07, 6.45) is 2.18. The second-order valence-electron chi connectivity index (χ2n) is 4.71. The molecule has 108 valence electrons. The van der Waals surface area contributed by atoms with Crippen LogP contribution in [0, 0.1) is 0 Å². The highest BCUT2D eigenvalue weighted by atomic mass is 16.3. The molecule has 2 rings (SSSR count). The lowest BCUT2D eigenvalue weighted by atomic mass is 9.99. The van der Waals surface area contributed by atoms with Gasteiger partial charge in [0.2, 0.25) is 0 Å². The molecule has 0 spiro atoms. The number of aliphatic hydroxyl groups excluding tert-OH is 1. The van der Waals surface area contributed by atoms with E-state index in [1.165, 1.54) is 18.2 Å². The fourth-order valence-corrected chi connectivity index (χ4v) is 1.99. The maximum atomic E-state index is 12.2. The van der Waals surface area contributed by atoms with Gasteiger partial charge in [0.15, 0.2) is 17.3 Å². The molecule has 2 aromatic rings. The quantitative estimate of drug-likeness (QED) is 0.458. The summed E-state index contributed by atoms with van der Waals surface area (Å²) in [4.78, 5) is 12.2. The predicted molar refractivity (Wildman–Crippen MR) is 80.2 cm³/mol. The zero-order valence-electron chi connectivity index (χ0n) is 11.5. The summed E-state index contributed by atoms with van der Waals surface area (Å²) in [6, 6.07) is 11.2. The van der Waals surface area contributed by atoms with E-state index in [0.717, 1.165) is 0 Å². The molecule has 0 aromatic heterocycles. The first-order chi connectivity index (χ1) is 9.99. The largest absolute Gasteiger partial charge is 0.504 e. The molecular weight excluding hydrogens is 268 g/mol. The molecule has 0 radical (unpaired) electrons. The van der Waals surface area contributed by atoms with E-state index in [1.807, 2.05) is 0 Å². The lowest BCUT2D eigenvalue weighted by molar-refractivity contribution is 0.104. The number of allylic oxidation sites excluding steroid dienone is 1. The van der Waals surface area contributed by atoms with Crippen molar-refractivity contribution in [2.24, 2.45) is 0 Å². The first-order valence-electron chi connectivity index (χ1n) is 6.50. The van der Waals surface area contributed by atoms with E-state index in [9.17, 15) is 20.1 Å². The fraction of sp³-hybridized carbons (Fsp3) is 0.118. The summed E-state index contributed by atoms with van der Waals surface area (Å²) < 4.78 is 0. The van der Waals surface area contributed by atoms with Gasteiger partial charge in [0.1, 0.15) is 0 Å². The number of phenols is 2. The van der Waals surface area contributed by atoms with E-state index >= 15 is 0 Å². The van der Waals surface area contributed by atoms with Crippen LogP contribution in [0.4, 0.5) is 0 Å². The summed E-state index contributed by atoms with van der Waals surface area (Å²) in [5, 5.41) is 28.3. The van der Waals surface area contributed by atoms with Crippen molar-refractivity contribution in [1.29, 1.82) is 0 Å². The molecule has 0 fully saturated rings. The van der Waals surface area contributed by atoms with Crippen LogP contribution in [0.3, 0.4) is 0 Å². The van der Waals surface area contributed by atoms with E-state index in [-0.39, 0.29) is 17.3 Å². The van der Waals surface area contributed by atoms with Crippen molar-refractivity contribution in [3.8, 4) is 11.5 Å². The molecule has 2 aromatic carbocycles. The highest BCUT2D eigenvalue weighted by Gasteiger charge is 2.11. The molecule has 0 saturated carbocycles. The van der Waals surface area contributed by atoms with Crippen molar-refractivity contribution in [3.63, 3.8) is 0 Å². The minimum Gasteiger partial charge on any atom is -0.504 e. The summed E-state index contributed by atoms with van der Waals surface area (Å²) in [6.45, 7) is 1.60. The normalized spacial score (nSPS) is 12.5. The molecule has 3 N–H and O–H groups in total. The zero-order chi connectivity index (χ0) is 15.4. The van der Waals surface area contributed by atoms with Crippen LogP contribution in [0.25, 0.3) is 6.08 Å². The third-order valence-electron chi connectivity index (χ3n) is 3.10. The van der Waals surface area contributed by atoms with Crippen LogP contribution < -0.4 is 0 Å². The van der Waals surface area contributed by atoms with Gasteiger partial charge in [-0.2, -0.15) is 0 Å². The lowest BCUT2D eigenvalue weighted by Gasteiger charge is -2.09. The number of aliphatic hydroxyl groups is 1. The van der Waals surface area contributed by atoms with Gasteiger partial charge in [0.25, 0.3) is 0 Å². The van der Waals surface area contributed by atoms with Gasteiger partial charge < -0.3 is 15.3 Å². The van der Waals surface area contributed by atoms with Crippen molar-refractivity contribution in [2.75, 3.05) is 0 Å². The van der Waals surface area contributed by atoms with Gasteiger partial charge in [-0.3, -0.25) is 4.79 Å². The molecule has 4 heteroatoms. The van der Waals surface area contributed by atoms with Crippen LogP contribution in [0.15, 0.2) is 48.5 Å². The Kier molecular flexibility index (Phi) is 4.40. The first kappa shape index (κ1) is 14.8. The van der Waals surface area contributed by atoms with Gasteiger partial charge in [-0.15, -0.1) is 0 Å². The molecule has 0 aliphatic heterocycles. The van der Waals surface area contributed by atoms with E-state index in [1.54, 1.807) is 43.3 Å². The maximum absolute atomic E-state index is 12.2. The van der Waals surface area contributed by atoms with Crippen LogP contribution in [-0.2, 0) is 0 Å². The molecule has 0 saturated heterocycles. The zero-order valence-corrected chi connectivity index (χ0v) is 11.5. The number of rotatable bonds is 4. The summed E-state index contributed by atoms with van der Waals surface area (Å²) in [5.41, 5.74) is 1.60. The number of carbonyl (C=O) groups is 1. The van der Waals surface area contributed by atoms with Crippen LogP contribution >= 0.6 is 0 Å². The second kappa shape index (κ2) is 6.24. The van der Waals surface area contributed by atoms with E-state index in [2.05, 4.69) is 0 Å². The van der Waals surface area contributed by atoms with Gasteiger partial charge in [0, 0.05) is 5.56 Å². The highest BCUT2D eigenvalue weighted by Crippen LogP contribution is 2.25. The van der Waals surface area contributed by atoms with Gasteiger partial charge >= 0.3 is 0 Å². The molecule has 0 amide bonds. The Morgan fingerprint density at radius 1 is 1.10 bits per heavy atom. The number of benzene rings is 2. The second-order valence-corrected chi connectivity index (χ2v) is 4.71. The molecule has 21 heavy (non-hydrogen) atoms. The highest BCUT2D eigenvalue weighted by molar-refractivity contribution is 6.07. The Hall–Kier alpha value is -2.59. The van der Waals surface area contributed by atoms with Gasteiger partial charge in [-0.1, -0.05) is 36.4 Å². The van der Waals surface area contributed by atoms with E-state index in [4.69, 9.17) is 0 Å². The third kappa shape index (κ3) is 3.49. The Labute approximate surface area is 122 Å². The average Bonchev–Trinajstić information content (AvgIpc) is 2.48. The minimum absolute atomic E-state index is 0.210. The summed E-state index contributed by atoms with van der Waals surface area (Å²) in [5.74, 6) is -0.689. The Morgan fingerprint density at radius 3 is 2.48 bits per heavy atom. The smallest absolute Gasteiger partial charge is 0.186 e. The maximum Gasteiger partial charge on any atom is 0.186 e. The Balaban J connectivity index is 2.25. The van der Waals surface area contributed by atoms with Crippen LogP contribution in [-0.4, -0.2) is 21.1 Å². The number of phenolic OH excluding ortho intramolecular Hbond substituents is 2. The number of carbonyl (C=O) groups excluding carboxylic acids is 1. The van der Waals surface area contributed by atoms with E-state index in [0.29, 0.717) is 16.7 Å². The average molecular weight is 284 g/mol. The van der Waals surface area contributed by atoms with Gasteiger partial charge in [-0.25, -0.2) is 0 Å². The van der Waals surface area contributed by atoms with Crippen LogP contribution in [0.1, 0.15) is 34.5 Å². The first-order valence-corrected chi connectivity index (χ1v) is 6.50. The lowest BCUT2D eigenvalue weighted by Crippen LogP contribution is -2.03. The monoisotopic (exact) mass is 284 g/mol. The molecule has 0 aliphatic rings. The predicted octanol–water partition coefficient (Wildman–Crippen LogP) is 3.05. The molecule has 0 bridgehead atoms. The SMILES string of the molecule is CC(O)c1ccccc1C(=O)C=Cc1ccc(O)c(O)c1. The van der Waals surface area contributed by atoms with Gasteiger partial charge in [0.05, 0.1) is 6.10 Å². The Bertz CT molecular complexity index is 687. The molecule has 0 heterocycles. The number of hydrogen-bond donors (Lipinski definition) is 3. The molecule has 4 nitrogen and oxygen atoms in total. The van der Waals surface area contributed by atoms with Crippen molar-refractivity contribution in [1.82, 2.24) is 0 Å². The summed E-state index contributed by atoms with van der Waals surface area (Å²) >= 11 is 0. The van der Waals surface area contributed by atoms with Crippen molar-refractivity contribution >= 4 is 11.9 Å². The third-order valence-corrected chi connectivity index (χ3v) is 3.10. The molecule has 1 atom stereocenters. The topological polar surface area (TPSA) is 77.8 Å². The van der Waals surface area contributed by atoms with Crippen molar-refractivity contribution in [2.45, 2.75) is 13.0 Å². The minimum atomic E-state index is -0.726. The molecular formula is C17H16O4. The van der Waals surface area contributed by atoms with Gasteiger partial charge in [-0.05, 0) is 36.3 Å². The number of ketones is 1. The molecule has 0 aliphatic carbocycles. The van der Waals surface area contributed by atoms with E-state index < -0.39 is 6.10 Å². The Morgan fingerprint density at radius 2 is 1.81 bits per heavy atom.